The molecule has 0 radical (unpaired) electrons. The van der Waals surface area contributed by atoms with Crippen LogP contribution >= 0.6 is 0 Å². The Hall–Kier alpha value is -0.610. The van der Waals surface area contributed by atoms with E-state index in [2.05, 4.69) is 12.2 Å². The van der Waals surface area contributed by atoms with E-state index in [4.69, 9.17) is 4.74 Å². The molecule has 0 saturated carbocycles. The zero-order chi connectivity index (χ0) is 10.7. The summed E-state index contributed by atoms with van der Waals surface area (Å²) in [6.45, 7) is 6.85. The van der Waals surface area contributed by atoms with Crippen molar-refractivity contribution in [3.8, 4) is 0 Å². The third-order valence-electron chi connectivity index (χ3n) is 3.41. The maximum Gasteiger partial charge on any atom is 0.229 e. The summed E-state index contributed by atoms with van der Waals surface area (Å²) in [7, 11) is 0. The predicted octanol–water partition coefficient (Wildman–Crippen LogP) is 0.235. The lowest BCUT2D eigenvalue weighted by Gasteiger charge is -2.38. The van der Waals surface area contributed by atoms with Gasteiger partial charge in [0.15, 0.2) is 0 Å². The van der Waals surface area contributed by atoms with E-state index in [0.29, 0.717) is 19.1 Å². The van der Waals surface area contributed by atoms with Gasteiger partial charge in [-0.15, -0.1) is 0 Å². The number of nitrogens with one attached hydrogen (secondary N) is 1. The van der Waals surface area contributed by atoms with Crippen molar-refractivity contribution in [3.63, 3.8) is 0 Å². The van der Waals surface area contributed by atoms with Crippen molar-refractivity contribution in [1.82, 2.24) is 10.2 Å². The van der Waals surface area contributed by atoms with Crippen molar-refractivity contribution < 1.29 is 9.53 Å². The molecule has 2 aliphatic rings. The molecule has 1 N–H and O–H groups in total. The zero-order valence-corrected chi connectivity index (χ0v) is 9.42. The molecule has 2 rings (SSSR count). The lowest BCUT2D eigenvalue weighted by molar-refractivity contribution is -0.146. The normalized spacial score (nSPS) is 32.7. The van der Waals surface area contributed by atoms with Gasteiger partial charge in [-0.1, -0.05) is 0 Å². The van der Waals surface area contributed by atoms with Gasteiger partial charge in [-0.25, -0.2) is 0 Å². The molecule has 86 valence electrons. The zero-order valence-electron chi connectivity index (χ0n) is 9.42. The largest absolute Gasteiger partial charge is 0.378 e. The van der Waals surface area contributed by atoms with E-state index >= 15 is 0 Å². The maximum atomic E-state index is 12.3. The van der Waals surface area contributed by atoms with E-state index < -0.39 is 0 Å². The first-order valence-electron chi connectivity index (χ1n) is 5.80. The summed E-state index contributed by atoms with van der Waals surface area (Å²) in [6, 6.07) is 0. The summed E-state index contributed by atoms with van der Waals surface area (Å²) in [6.07, 6.45) is 2.11. The van der Waals surface area contributed by atoms with Gasteiger partial charge in [0.1, 0.15) is 0 Å². The molecule has 0 aromatic carbocycles. The van der Waals surface area contributed by atoms with Gasteiger partial charge in [0, 0.05) is 19.6 Å². The highest BCUT2D eigenvalue weighted by Crippen LogP contribution is 2.28. The van der Waals surface area contributed by atoms with Crippen molar-refractivity contribution in [3.05, 3.63) is 0 Å². The number of nitrogens with zero attached hydrogens (tertiary/aromatic N) is 1. The molecular formula is C11H20N2O2. The van der Waals surface area contributed by atoms with Crippen LogP contribution in [0.1, 0.15) is 19.8 Å². The summed E-state index contributed by atoms with van der Waals surface area (Å²) in [5.74, 6) is 0.304. The van der Waals surface area contributed by atoms with E-state index in [1.807, 2.05) is 4.90 Å². The first-order chi connectivity index (χ1) is 7.22. The first-order valence-corrected chi connectivity index (χ1v) is 5.80. The molecule has 0 aromatic heterocycles. The SMILES string of the molecule is C[C@@]1(C(=O)N2CCOCC2)CCCNC1. The van der Waals surface area contributed by atoms with Crippen LogP contribution in [0.3, 0.4) is 0 Å². The quantitative estimate of drug-likeness (QED) is 0.677. The Bertz CT molecular complexity index is 231. The topological polar surface area (TPSA) is 41.6 Å². The number of amides is 1. The van der Waals surface area contributed by atoms with Crippen molar-refractivity contribution >= 4 is 5.91 Å². The van der Waals surface area contributed by atoms with E-state index in [9.17, 15) is 4.79 Å². The highest BCUT2D eigenvalue weighted by Gasteiger charge is 2.37. The van der Waals surface area contributed by atoms with Crippen LogP contribution in [0.2, 0.25) is 0 Å². The standard InChI is InChI=1S/C11H20N2O2/c1-11(3-2-4-12-9-11)10(14)13-5-7-15-8-6-13/h12H,2-9H2,1H3/t11-/m1/s1. The monoisotopic (exact) mass is 212 g/mol. The molecule has 1 amide bonds. The number of ether oxygens (including phenoxy) is 1. The molecule has 0 unspecified atom stereocenters. The van der Waals surface area contributed by atoms with Crippen LogP contribution in [0.15, 0.2) is 0 Å². The Labute approximate surface area is 91.0 Å². The van der Waals surface area contributed by atoms with Crippen LogP contribution in [-0.2, 0) is 9.53 Å². The average molecular weight is 212 g/mol. The van der Waals surface area contributed by atoms with Gasteiger partial charge in [-0.3, -0.25) is 4.79 Å². The molecule has 0 bridgehead atoms. The lowest BCUT2D eigenvalue weighted by Crippen LogP contribution is -2.53. The first kappa shape index (κ1) is 10.9. The molecule has 2 aliphatic heterocycles. The predicted molar refractivity (Wildman–Crippen MR) is 57.6 cm³/mol. The van der Waals surface area contributed by atoms with E-state index in [0.717, 1.165) is 39.0 Å². The van der Waals surface area contributed by atoms with Crippen molar-refractivity contribution in [2.45, 2.75) is 19.8 Å². The Morgan fingerprint density at radius 3 is 2.73 bits per heavy atom. The van der Waals surface area contributed by atoms with E-state index in [1.165, 1.54) is 0 Å². The van der Waals surface area contributed by atoms with E-state index in [-0.39, 0.29) is 5.41 Å². The Morgan fingerprint density at radius 1 is 1.40 bits per heavy atom. The highest BCUT2D eigenvalue weighted by molar-refractivity contribution is 5.82. The number of hydrogen-bond acceptors (Lipinski definition) is 3. The smallest absolute Gasteiger partial charge is 0.229 e. The molecule has 0 aliphatic carbocycles. The highest BCUT2D eigenvalue weighted by atomic mass is 16.5. The Kier molecular flexibility index (Phi) is 3.26. The van der Waals surface area contributed by atoms with Crippen LogP contribution in [0.4, 0.5) is 0 Å². The number of piperidine rings is 1. The lowest BCUT2D eigenvalue weighted by atomic mass is 9.81. The van der Waals surface area contributed by atoms with Crippen LogP contribution in [0.25, 0.3) is 0 Å². The van der Waals surface area contributed by atoms with Gasteiger partial charge >= 0.3 is 0 Å². The van der Waals surface area contributed by atoms with E-state index in [1.54, 1.807) is 0 Å². The summed E-state index contributed by atoms with van der Waals surface area (Å²) in [5, 5.41) is 3.32. The van der Waals surface area contributed by atoms with Crippen molar-refractivity contribution in [1.29, 1.82) is 0 Å². The van der Waals surface area contributed by atoms with Gasteiger partial charge in [0.2, 0.25) is 5.91 Å². The Morgan fingerprint density at radius 2 is 2.13 bits per heavy atom. The fourth-order valence-corrected chi connectivity index (χ4v) is 2.39. The summed E-state index contributed by atoms with van der Waals surface area (Å²) in [5.41, 5.74) is -0.185. The second-order valence-corrected chi connectivity index (χ2v) is 4.75. The Balaban J connectivity index is 1.98. The minimum absolute atomic E-state index is 0.185. The van der Waals surface area contributed by atoms with Crippen LogP contribution in [0, 0.1) is 5.41 Å². The van der Waals surface area contributed by atoms with Crippen LogP contribution in [0.5, 0.6) is 0 Å². The van der Waals surface area contributed by atoms with Crippen molar-refractivity contribution in [2.24, 2.45) is 5.41 Å². The molecule has 2 heterocycles. The number of carbonyl (C=O) groups is 1. The molecule has 2 fully saturated rings. The van der Waals surface area contributed by atoms with Gasteiger partial charge in [-0.2, -0.15) is 0 Å². The van der Waals surface area contributed by atoms with Crippen LogP contribution < -0.4 is 5.32 Å². The number of rotatable bonds is 1. The number of carbonyl (C=O) groups excluding carboxylic acids is 1. The minimum atomic E-state index is -0.185. The fraction of sp³-hybridized carbons (Fsp3) is 0.909. The summed E-state index contributed by atoms with van der Waals surface area (Å²) < 4.78 is 5.26. The van der Waals surface area contributed by atoms with Gasteiger partial charge < -0.3 is 15.0 Å². The molecule has 15 heavy (non-hydrogen) atoms. The molecular weight excluding hydrogens is 192 g/mol. The number of hydrogen-bond donors (Lipinski definition) is 1. The molecule has 4 heteroatoms. The maximum absolute atomic E-state index is 12.3. The minimum Gasteiger partial charge on any atom is -0.378 e. The molecule has 2 saturated heterocycles. The molecule has 1 atom stereocenters. The molecule has 0 aromatic rings. The third kappa shape index (κ3) is 2.32. The molecule has 0 spiro atoms. The van der Waals surface area contributed by atoms with Gasteiger partial charge in [-0.05, 0) is 26.3 Å². The fourth-order valence-electron chi connectivity index (χ4n) is 2.39. The van der Waals surface area contributed by atoms with Gasteiger partial charge in [0.25, 0.3) is 0 Å². The average Bonchev–Trinajstić information content (AvgIpc) is 2.30. The number of morpholine rings is 1. The van der Waals surface area contributed by atoms with Crippen LogP contribution in [-0.4, -0.2) is 50.2 Å². The third-order valence-corrected chi connectivity index (χ3v) is 3.41. The van der Waals surface area contributed by atoms with Crippen molar-refractivity contribution in [2.75, 3.05) is 39.4 Å². The second kappa shape index (κ2) is 4.49. The van der Waals surface area contributed by atoms with Gasteiger partial charge in [0.05, 0.1) is 18.6 Å². The second-order valence-electron chi connectivity index (χ2n) is 4.75. The summed E-state index contributed by atoms with van der Waals surface area (Å²) >= 11 is 0. The summed E-state index contributed by atoms with van der Waals surface area (Å²) in [4.78, 5) is 14.3. The molecule has 4 nitrogen and oxygen atoms in total.